The van der Waals surface area contributed by atoms with Crippen LogP contribution in [-0.4, -0.2) is 16.2 Å². The van der Waals surface area contributed by atoms with E-state index in [9.17, 15) is 5.11 Å². The van der Waals surface area contributed by atoms with Gasteiger partial charge in [0.05, 0.1) is 6.10 Å². The molecule has 0 aromatic carbocycles. The Labute approximate surface area is 86.0 Å². The van der Waals surface area contributed by atoms with E-state index in [1.54, 1.807) is 0 Å². The minimum absolute atomic E-state index is 0.165. The van der Waals surface area contributed by atoms with Gasteiger partial charge in [0.1, 0.15) is 0 Å². The van der Waals surface area contributed by atoms with Crippen LogP contribution in [0.3, 0.4) is 0 Å². The fraction of sp³-hybridized carbons (Fsp3) is 0.583. The van der Waals surface area contributed by atoms with Gasteiger partial charge in [0.25, 0.3) is 0 Å². The number of nitrogens with zero attached hydrogens (tertiary/aromatic N) is 1. The molecule has 1 N–H and O–H groups in total. The highest BCUT2D eigenvalue weighted by Gasteiger charge is 2.05. The number of hydrogen-bond acceptors (Lipinski definition) is 2. The molecule has 0 spiro atoms. The fourth-order valence-corrected chi connectivity index (χ4v) is 1.56. The van der Waals surface area contributed by atoms with Crippen LogP contribution >= 0.6 is 0 Å². The number of hydrogen-bond donors (Lipinski definition) is 1. The maximum absolute atomic E-state index is 9.57. The predicted molar refractivity (Wildman–Crippen MR) is 58.2 cm³/mol. The van der Waals surface area contributed by atoms with Crippen molar-refractivity contribution in [1.82, 2.24) is 4.98 Å². The van der Waals surface area contributed by atoms with E-state index < -0.39 is 0 Å². The summed E-state index contributed by atoms with van der Waals surface area (Å²) in [6, 6.07) is 4.01. The predicted octanol–water partition coefficient (Wildman–Crippen LogP) is 2.48. The summed E-state index contributed by atoms with van der Waals surface area (Å²) in [6.45, 7) is 4.16. The van der Waals surface area contributed by atoms with Crippen LogP contribution in [0.15, 0.2) is 18.3 Å². The van der Waals surface area contributed by atoms with Gasteiger partial charge in [0.15, 0.2) is 0 Å². The summed E-state index contributed by atoms with van der Waals surface area (Å²) in [7, 11) is 0. The average Bonchev–Trinajstić information content (AvgIpc) is 2.17. The van der Waals surface area contributed by atoms with Crippen LogP contribution < -0.4 is 0 Å². The molecule has 1 atom stereocenters. The molecule has 0 aliphatic heterocycles. The van der Waals surface area contributed by atoms with Gasteiger partial charge in [0.2, 0.25) is 0 Å². The molecule has 2 nitrogen and oxygen atoms in total. The minimum Gasteiger partial charge on any atom is -0.393 e. The molecule has 1 aromatic heterocycles. The van der Waals surface area contributed by atoms with Crippen molar-refractivity contribution in [2.24, 2.45) is 0 Å². The zero-order chi connectivity index (χ0) is 10.4. The van der Waals surface area contributed by atoms with Crippen LogP contribution in [0, 0.1) is 6.92 Å². The molecule has 0 fully saturated rings. The fourth-order valence-electron chi connectivity index (χ4n) is 1.56. The monoisotopic (exact) mass is 193 g/mol. The van der Waals surface area contributed by atoms with Crippen molar-refractivity contribution in [3.63, 3.8) is 0 Å². The van der Waals surface area contributed by atoms with Gasteiger partial charge in [-0.3, -0.25) is 4.98 Å². The van der Waals surface area contributed by atoms with E-state index in [1.165, 1.54) is 5.56 Å². The van der Waals surface area contributed by atoms with Crippen molar-refractivity contribution < 1.29 is 5.11 Å². The number of aliphatic hydroxyl groups is 1. The zero-order valence-electron chi connectivity index (χ0n) is 9.03. The van der Waals surface area contributed by atoms with E-state index in [4.69, 9.17) is 0 Å². The third-order valence-electron chi connectivity index (χ3n) is 2.45. The van der Waals surface area contributed by atoms with Gasteiger partial charge in [-0.05, 0) is 37.8 Å². The summed E-state index contributed by atoms with van der Waals surface area (Å²) in [5.41, 5.74) is 2.33. The second kappa shape index (κ2) is 5.76. The van der Waals surface area contributed by atoms with Gasteiger partial charge in [-0.15, -0.1) is 0 Å². The maximum Gasteiger partial charge on any atom is 0.0543 e. The van der Waals surface area contributed by atoms with Gasteiger partial charge in [-0.25, -0.2) is 0 Å². The second-order valence-corrected chi connectivity index (χ2v) is 3.75. The van der Waals surface area contributed by atoms with E-state index in [2.05, 4.69) is 24.9 Å². The number of aliphatic hydroxyl groups excluding tert-OH is 1. The van der Waals surface area contributed by atoms with E-state index >= 15 is 0 Å². The highest BCUT2D eigenvalue weighted by molar-refractivity contribution is 5.17. The van der Waals surface area contributed by atoms with Crippen LogP contribution in [0.2, 0.25) is 0 Å². The summed E-state index contributed by atoms with van der Waals surface area (Å²) in [5, 5.41) is 9.57. The Morgan fingerprint density at radius 3 is 2.86 bits per heavy atom. The molecule has 0 amide bonds. The van der Waals surface area contributed by atoms with Crippen molar-refractivity contribution in [3.05, 3.63) is 29.6 Å². The summed E-state index contributed by atoms with van der Waals surface area (Å²) >= 11 is 0. The van der Waals surface area contributed by atoms with Crippen LogP contribution in [0.1, 0.15) is 37.4 Å². The molecule has 14 heavy (non-hydrogen) atoms. The largest absolute Gasteiger partial charge is 0.393 e. The SMILES string of the molecule is CCCC(O)CCc1ncccc1C. The third-order valence-corrected chi connectivity index (χ3v) is 2.45. The Morgan fingerprint density at radius 1 is 1.43 bits per heavy atom. The molecule has 1 aromatic rings. The number of rotatable bonds is 5. The summed E-state index contributed by atoms with van der Waals surface area (Å²) < 4.78 is 0. The van der Waals surface area contributed by atoms with Crippen molar-refractivity contribution >= 4 is 0 Å². The quantitative estimate of drug-likeness (QED) is 0.779. The Bertz CT molecular complexity index is 273. The van der Waals surface area contributed by atoms with Gasteiger partial charge in [-0.1, -0.05) is 19.4 Å². The van der Waals surface area contributed by atoms with Crippen molar-refractivity contribution in [3.8, 4) is 0 Å². The first-order chi connectivity index (χ1) is 6.74. The lowest BCUT2D eigenvalue weighted by Crippen LogP contribution is -2.08. The molecule has 0 radical (unpaired) electrons. The van der Waals surface area contributed by atoms with Crippen molar-refractivity contribution in [2.45, 2.75) is 45.6 Å². The van der Waals surface area contributed by atoms with Crippen LogP contribution in [-0.2, 0) is 6.42 Å². The molecule has 0 aliphatic carbocycles. The molecule has 1 heterocycles. The van der Waals surface area contributed by atoms with Crippen LogP contribution in [0.25, 0.3) is 0 Å². The Kier molecular flexibility index (Phi) is 4.60. The lowest BCUT2D eigenvalue weighted by molar-refractivity contribution is 0.153. The molecule has 78 valence electrons. The lowest BCUT2D eigenvalue weighted by Gasteiger charge is -2.09. The maximum atomic E-state index is 9.57. The number of aromatic nitrogens is 1. The highest BCUT2D eigenvalue weighted by Crippen LogP contribution is 2.09. The van der Waals surface area contributed by atoms with E-state index in [-0.39, 0.29) is 6.10 Å². The second-order valence-electron chi connectivity index (χ2n) is 3.75. The molecular weight excluding hydrogens is 174 g/mol. The molecule has 0 aliphatic rings. The van der Waals surface area contributed by atoms with Gasteiger partial charge >= 0.3 is 0 Å². The molecule has 2 heteroatoms. The first-order valence-electron chi connectivity index (χ1n) is 5.32. The molecule has 0 bridgehead atoms. The van der Waals surface area contributed by atoms with Gasteiger partial charge < -0.3 is 5.11 Å². The van der Waals surface area contributed by atoms with Gasteiger partial charge in [-0.2, -0.15) is 0 Å². The molecular formula is C12H19NO. The highest BCUT2D eigenvalue weighted by atomic mass is 16.3. The molecule has 0 saturated heterocycles. The topological polar surface area (TPSA) is 33.1 Å². The number of pyridine rings is 1. The third kappa shape index (κ3) is 3.46. The summed E-state index contributed by atoms with van der Waals surface area (Å²) in [4.78, 5) is 4.30. The lowest BCUT2D eigenvalue weighted by atomic mass is 10.1. The van der Waals surface area contributed by atoms with Crippen LogP contribution in [0.4, 0.5) is 0 Å². The standard InChI is InChI=1S/C12H19NO/c1-3-5-11(14)7-8-12-10(2)6-4-9-13-12/h4,6,9,11,14H,3,5,7-8H2,1-2H3. The minimum atomic E-state index is -0.165. The van der Waals surface area contributed by atoms with Crippen molar-refractivity contribution in [2.75, 3.05) is 0 Å². The molecule has 0 saturated carbocycles. The van der Waals surface area contributed by atoms with Gasteiger partial charge in [0, 0.05) is 11.9 Å². The van der Waals surface area contributed by atoms with E-state index in [0.717, 1.165) is 31.4 Å². The number of aryl methyl sites for hydroxylation is 2. The Hall–Kier alpha value is -0.890. The summed E-state index contributed by atoms with van der Waals surface area (Å²) in [5.74, 6) is 0. The summed E-state index contributed by atoms with van der Waals surface area (Å²) in [6.07, 6.45) is 5.30. The average molecular weight is 193 g/mol. The van der Waals surface area contributed by atoms with E-state index in [1.807, 2.05) is 12.3 Å². The normalized spacial score (nSPS) is 12.8. The van der Waals surface area contributed by atoms with Crippen LogP contribution in [0.5, 0.6) is 0 Å². The zero-order valence-corrected chi connectivity index (χ0v) is 9.03. The first-order valence-corrected chi connectivity index (χ1v) is 5.32. The smallest absolute Gasteiger partial charge is 0.0543 e. The molecule has 1 rings (SSSR count). The van der Waals surface area contributed by atoms with E-state index in [0.29, 0.717) is 0 Å². The van der Waals surface area contributed by atoms with Crippen molar-refractivity contribution in [1.29, 1.82) is 0 Å². The first kappa shape index (κ1) is 11.2. The Morgan fingerprint density at radius 2 is 2.21 bits per heavy atom. The Balaban J connectivity index is 2.41. The molecule has 1 unspecified atom stereocenters.